The molecule has 1 aromatic carbocycles. The number of nitrogens with zero attached hydrogens (tertiary/aromatic N) is 1. The van der Waals surface area contributed by atoms with Crippen LogP contribution in [0.15, 0.2) is 24.3 Å². The van der Waals surface area contributed by atoms with E-state index >= 15 is 0 Å². The summed E-state index contributed by atoms with van der Waals surface area (Å²) >= 11 is 0. The van der Waals surface area contributed by atoms with E-state index in [0.717, 1.165) is 6.07 Å². The Bertz CT molecular complexity index is 637. The predicted molar refractivity (Wildman–Crippen MR) is 64.1 cm³/mol. The molecule has 0 radical (unpaired) electrons. The van der Waals surface area contributed by atoms with Crippen molar-refractivity contribution >= 4 is 0 Å². The lowest BCUT2D eigenvalue weighted by Gasteiger charge is -2.22. The highest BCUT2D eigenvalue weighted by molar-refractivity contribution is 5.63. The Hall–Kier alpha value is -2.02. The predicted octanol–water partition coefficient (Wildman–Crippen LogP) is 2.91. The number of hydrogen-bond acceptors (Lipinski definition) is 3. The Balaban J connectivity index is 1.99. The largest absolute Gasteiger partial charge is 0.493 e. The summed E-state index contributed by atoms with van der Waals surface area (Å²) in [6.07, 6.45) is -4.66. The van der Waals surface area contributed by atoms with Gasteiger partial charge in [0.1, 0.15) is 11.4 Å². The van der Waals surface area contributed by atoms with Gasteiger partial charge in [-0.25, -0.2) is 0 Å². The highest BCUT2D eigenvalue weighted by atomic mass is 19.4. The highest BCUT2D eigenvalue weighted by Gasteiger charge is 2.33. The van der Waals surface area contributed by atoms with Crippen molar-refractivity contribution in [2.45, 2.75) is 18.7 Å². The number of H-pyrrole nitrogens is 1. The summed E-state index contributed by atoms with van der Waals surface area (Å²) in [5.41, 5.74) is 0.352. The lowest BCUT2D eigenvalue weighted by atomic mass is 9.99. The van der Waals surface area contributed by atoms with Gasteiger partial charge in [0.2, 0.25) is 0 Å². The van der Waals surface area contributed by atoms with Gasteiger partial charge in [0, 0.05) is 17.5 Å². The summed E-state index contributed by atoms with van der Waals surface area (Å²) in [6, 6.07) is 5.80. The van der Waals surface area contributed by atoms with Crippen LogP contribution < -0.4 is 4.74 Å². The molecular weight excluding hydrogens is 273 g/mol. The zero-order valence-electron chi connectivity index (χ0n) is 10.2. The molecule has 2 heterocycles. The zero-order valence-corrected chi connectivity index (χ0v) is 10.2. The summed E-state index contributed by atoms with van der Waals surface area (Å²) in [6.45, 7) is 0.425. The molecule has 0 spiro atoms. The fourth-order valence-electron chi connectivity index (χ4n) is 2.15. The molecule has 0 fully saturated rings. The molecule has 0 saturated heterocycles. The topological polar surface area (TPSA) is 58.1 Å². The minimum Gasteiger partial charge on any atom is -0.493 e. The molecule has 1 aromatic heterocycles. The molecule has 1 atom stereocenters. The maximum absolute atomic E-state index is 12.5. The van der Waals surface area contributed by atoms with Crippen LogP contribution in [0.1, 0.15) is 23.8 Å². The molecule has 0 amide bonds. The molecule has 2 aromatic rings. The van der Waals surface area contributed by atoms with E-state index < -0.39 is 18.0 Å². The number of alkyl halides is 3. The zero-order chi connectivity index (χ0) is 14.3. The molecule has 0 unspecified atom stereocenters. The van der Waals surface area contributed by atoms with Crippen LogP contribution in [-0.2, 0) is 6.18 Å². The van der Waals surface area contributed by atoms with Gasteiger partial charge in [-0.3, -0.25) is 5.10 Å². The third-order valence-corrected chi connectivity index (χ3v) is 3.20. The van der Waals surface area contributed by atoms with Crippen molar-refractivity contribution in [3.05, 3.63) is 35.5 Å². The smallest absolute Gasteiger partial charge is 0.432 e. The number of aromatic amines is 1. The summed E-state index contributed by atoms with van der Waals surface area (Å²) in [4.78, 5) is 0. The molecule has 7 heteroatoms. The Morgan fingerprint density at radius 2 is 2.10 bits per heavy atom. The number of nitrogens with one attached hydrogen (secondary N) is 1. The van der Waals surface area contributed by atoms with Crippen LogP contribution >= 0.6 is 0 Å². The number of halogens is 3. The van der Waals surface area contributed by atoms with E-state index in [4.69, 9.17) is 4.74 Å². The summed E-state index contributed by atoms with van der Waals surface area (Å²) in [7, 11) is 0. The van der Waals surface area contributed by atoms with E-state index in [2.05, 4.69) is 5.10 Å². The van der Waals surface area contributed by atoms with Crippen molar-refractivity contribution < 1.29 is 23.0 Å². The lowest BCUT2D eigenvalue weighted by Crippen LogP contribution is -2.13. The van der Waals surface area contributed by atoms with Crippen molar-refractivity contribution in [1.29, 1.82) is 0 Å². The number of aromatic nitrogens is 2. The van der Waals surface area contributed by atoms with Crippen molar-refractivity contribution in [3.63, 3.8) is 0 Å². The average Bonchev–Trinajstić information content (AvgIpc) is 2.88. The Labute approximate surface area is 112 Å². The van der Waals surface area contributed by atoms with Crippen LogP contribution in [0.25, 0.3) is 11.3 Å². The molecule has 0 bridgehead atoms. The van der Waals surface area contributed by atoms with Gasteiger partial charge in [-0.05, 0) is 24.3 Å². The maximum atomic E-state index is 12.5. The van der Waals surface area contributed by atoms with E-state index in [0.29, 0.717) is 29.9 Å². The van der Waals surface area contributed by atoms with Crippen LogP contribution in [-0.4, -0.2) is 21.9 Å². The standard InChI is InChI=1S/C13H11F3N2O2/c14-13(15,16)12-6-9(17-18-12)7-1-2-11-8(5-7)10(19)3-4-20-11/h1-2,5-6,10,19H,3-4H2,(H,17,18)/t10-/m1/s1. The summed E-state index contributed by atoms with van der Waals surface area (Å²) in [5.74, 6) is 0.555. The molecule has 106 valence electrons. The van der Waals surface area contributed by atoms with Crippen molar-refractivity contribution in [2.24, 2.45) is 0 Å². The van der Waals surface area contributed by atoms with Crippen molar-refractivity contribution in [2.75, 3.05) is 6.61 Å². The van der Waals surface area contributed by atoms with Gasteiger partial charge in [-0.1, -0.05) is 0 Å². The van der Waals surface area contributed by atoms with Gasteiger partial charge >= 0.3 is 6.18 Å². The molecule has 1 aliphatic heterocycles. The maximum Gasteiger partial charge on any atom is 0.432 e. The van der Waals surface area contributed by atoms with Crippen LogP contribution in [0.4, 0.5) is 13.2 Å². The van der Waals surface area contributed by atoms with Crippen molar-refractivity contribution in [1.82, 2.24) is 10.2 Å². The van der Waals surface area contributed by atoms with Gasteiger partial charge in [-0.15, -0.1) is 0 Å². The molecule has 1 aliphatic rings. The Kier molecular flexibility index (Phi) is 2.93. The normalized spacial score (nSPS) is 18.5. The highest BCUT2D eigenvalue weighted by Crippen LogP contribution is 2.36. The summed E-state index contributed by atoms with van der Waals surface area (Å²) in [5, 5.41) is 15.5. The van der Waals surface area contributed by atoms with E-state index in [1.165, 1.54) is 0 Å². The summed E-state index contributed by atoms with van der Waals surface area (Å²) < 4.78 is 42.9. The first-order valence-corrected chi connectivity index (χ1v) is 6.03. The van der Waals surface area contributed by atoms with Crippen molar-refractivity contribution in [3.8, 4) is 17.0 Å². The van der Waals surface area contributed by atoms with E-state index in [9.17, 15) is 18.3 Å². The third-order valence-electron chi connectivity index (χ3n) is 3.20. The molecule has 4 nitrogen and oxygen atoms in total. The minimum absolute atomic E-state index is 0.179. The first-order valence-electron chi connectivity index (χ1n) is 6.03. The fraction of sp³-hybridized carbons (Fsp3) is 0.308. The second-order valence-electron chi connectivity index (χ2n) is 4.57. The van der Waals surface area contributed by atoms with Crippen LogP contribution in [0.5, 0.6) is 5.75 Å². The van der Waals surface area contributed by atoms with Gasteiger partial charge in [0.15, 0.2) is 0 Å². The number of aliphatic hydroxyl groups is 1. The molecule has 0 saturated carbocycles. The number of rotatable bonds is 1. The van der Waals surface area contributed by atoms with Crippen LogP contribution in [0, 0.1) is 0 Å². The second kappa shape index (κ2) is 4.52. The first-order chi connectivity index (χ1) is 9.45. The third kappa shape index (κ3) is 2.24. The Morgan fingerprint density at radius 3 is 2.80 bits per heavy atom. The Morgan fingerprint density at radius 1 is 1.30 bits per heavy atom. The van der Waals surface area contributed by atoms with Gasteiger partial charge < -0.3 is 9.84 Å². The minimum atomic E-state index is -4.46. The quantitative estimate of drug-likeness (QED) is 0.846. The number of fused-ring (bicyclic) bond motifs is 1. The SMILES string of the molecule is O[C@@H]1CCOc2ccc(-c3cc(C(F)(F)F)[nH]n3)cc21. The monoisotopic (exact) mass is 284 g/mol. The molecule has 20 heavy (non-hydrogen) atoms. The van der Waals surface area contributed by atoms with E-state index in [-0.39, 0.29) is 5.69 Å². The number of benzene rings is 1. The number of ether oxygens (including phenoxy) is 1. The molecule has 0 aliphatic carbocycles. The number of hydrogen-bond donors (Lipinski definition) is 2. The van der Waals surface area contributed by atoms with Crippen LogP contribution in [0.2, 0.25) is 0 Å². The van der Waals surface area contributed by atoms with E-state index in [1.807, 2.05) is 5.10 Å². The van der Waals surface area contributed by atoms with Gasteiger partial charge in [0.25, 0.3) is 0 Å². The molecule has 3 rings (SSSR count). The average molecular weight is 284 g/mol. The second-order valence-corrected chi connectivity index (χ2v) is 4.57. The van der Waals surface area contributed by atoms with Crippen LogP contribution in [0.3, 0.4) is 0 Å². The van der Waals surface area contributed by atoms with E-state index in [1.54, 1.807) is 18.2 Å². The first kappa shape index (κ1) is 13.0. The van der Waals surface area contributed by atoms with Gasteiger partial charge in [-0.2, -0.15) is 18.3 Å². The fourth-order valence-corrected chi connectivity index (χ4v) is 2.15. The lowest BCUT2D eigenvalue weighted by molar-refractivity contribution is -0.141. The number of aliphatic hydroxyl groups excluding tert-OH is 1. The molecular formula is C13H11F3N2O2. The molecule has 2 N–H and O–H groups in total. The van der Waals surface area contributed by atoms with Gasteiger partial charge in [0.05, 0.1) is 18.4 Å².